The first-order valence-electron chi connectivity index (χ1n) is 10.8. The van der Waals surface area contributed by atoms with Crippen molar-refractivity contribution in [2.24, 2.45) is 0 Å². The Balaban J connectivity index is 1.33. The van der Waals surface area contributed by atoms with E-state index < -0.39 is 0 Å². The van der Waals surface area contributed by atoms with Gasteiger partial charge in [-0.2, -0.15) is 0 Å². The fourth-order valence-electron chi connectivity index (χ4n) is 4.08. The fourth-order valence-corrected chi connectivity index (χ4v) is 4.08. The third-order valence-corrected chi connectivity index (χ3v) is 5.90. The number of amides is 1. The Morgan fingerprint density at radius 3 is 2.61 bits per heavy atom. The average Bonchev–Trinajstić information content (AvgIpc) is 3.20. The summed E-state index contributed by atoms with van der Waals surface area (Å²) in [7, 11) is 3.11. The number of hydrogen-bond acceptors (Lipinski definition) is 8. The van der Waals surface area contributed by atoms with Crippen LogP contribution in [0.25, 0.3) is 11.3 Å². The highest BCUT2D eigenvalue weighted by Gasteiger charge is 2.30. The van der Waals surface area contributed by atoms with Gasteiger partial charge in [-0.05, 0) is 30.3 Å². The maximum atomic E-state index is 13.0. The standard InChI is InChI=1S/C24H25N5O4/c1-31-22-11-16(12-26-23(22)32-2)20-6-5-19-21(27-20)15-29(24(19)30)18-4-3-17(25-13-18)14-28-7-9-33-10-8-28/h3-6,11-13H,7-10,14-15H2,1-2H3. The van der Waals surface area contributed by atoms with Crippen LogP contribution in [0.4, 0.5) is 5.69 Å². The second kappa shape index (κ2) is 9.13. The van der Waals surface area contributed by atoms with Gasteiger partial charge in [0.15, 0.2) is 5.75 Å². The maximum absolute atomic E-state index is 13.0. The van der Waals surface area contributed by atoms with Crippen LogP contribution < -0.4 is 14.4 Å². The first kappa shape index (κ1) is 21.3. The van der Waals surface area contributed by atoms with E-state index in [4.69, 9.17) is 19.2 Å². The summed E-state index contributed by atoms with van der Waals surface area (Å²) in [6.45, 7) is 4.51. The molecular weight excluding hydrogens is 422 g/mol. The van der Waals surface area contributed by atoms with Crippen molar-refractivity contribution in [3.63, 3.8) is 0 Å². The number of anilines is 1. The van der Waals surface area contributed by atoms with Crippen molar-refractivity contribution in [3.8, 4) is 22.9 Å². The summed E-state index contributed by atoms with van der Waals surface area (Å²) in [5.74, 6) is 0.865. The molecule has 9 heteroatoms. The van der Waals surface area contributed by atoms with Crippen LogP contribution >= 0.6 is 0 Å². The fraction of sp³-hybridized carbons (Fsp3) is 0.333. The molecular formula is C24H25N5O4. The van der Waals surface area contributed by atoms with Crippen LogP contribution in [0.2, 0.25) is 0 Å². The molecule has 2 aliphatic rings. The van der Waals surface area contributed by atoms with E-state index >= 15 is 0 Å². The quantitative estimate of drug-likeness (QED) is 0.570. The number of hydrogen-bond donors (Lipinski definition) is 0. The minimum atomic E-state index is -0.0720. The summed E-state index contributed by atoms with van der Waals surface area (Å²) in [4.78, 5) is 30.6. The summed E-state index contributed by atoms with van der Waals surface area (Å²) < 4.78 is 16.0. The van der Waals surface area contributed by atoms with Crippen molar-refractivity contribution in [2.45, 2.75) is 13.1 Å². The van der Waals surface area contributed by atoms with Crippen molar-refractivity contribution in [1.29, 1.82) is 0 Å². The Kier molecular flexibility index (Phi) is 5.89. The summed E-state index contributed by atoms with van der Waals surface area (Å²) in [6, 6.07) is 9.40. The van der Waals surface area contributed by atoms with E-state index in [9.17, 15) is 4.79 Å². The van der Waals surface area contributed by atoms with Gasteiger partial charge in [-0.1, -0.05) is 0 Å². The highest BCUT2D eigenvalue weighted by atomic mass is 16.5. The summed E-state index contributed by atoms with van der Waals surface area (Å²) in [5, 5.41) is 0. The molecule has 1 saturated heterocycles. The molecule has 0 saturated carbocycles. The Bertz CT molecular complexity index is 1160. The lowest BCUT2D eigenvalue weighted by atomic mass is 10.1. The van der Waals surface area contributed by atoms with Crippen molar-refractivity contribution in [2.75, 3.05) is 45.4 Å². The van der Waals surface area contributed by atoms with Gasteiger partial charge < -0.3 is 19.1 Å². The van der Waals surface area contributed by atoms with Gasteiger partial charge in [0.25, 0.3) is 11.8 Å². The minimum absolute atomic E-state index is 0.0720. The molecule has 0 unspecified atom stereocenters. The molecule has 0 aliphatic carbocycles. The van der Waals surface area contributed by atoms with Gasteiger partial charge in [-0.25, -0.2) is 4.98 Å². The second-order valence-electron chi connectivity index (χ2n) is 7.91. The topological polar surface area (TPSA) is 89.9 Å². The van der Waals surface area contributed by atoms with Crippen molar-refractivity contribution in [1.82, 2.24) is 19.9 Å². The zero-order valence-electron chi connectivity index (χ0n) is 18.7. The van der Waals surface area contributed by atoms with Gasteiger partial charge >= 0.3 is 0 Å². The minimum Gasteiger partial charge on any atom is -0.491 e. The Morgan fingerprint density at radius 2 is 1.88 bits per heavy atom. The lowest BCUT2D eigenvalue weighted by molar-refractivity contribution is 0.0336. The van der Waals surface area contributed by atoms with E-state index in [-0.39, 0.29) is 5.91 Å². The molecule has 1 amide bonds. The summed E-state index contributed by atoms with van der Waals surface area (Å²) in [6.07, 6.45) is 3.44. The molecule has 33 heavy (non-hydrogen) atoms. The first-order valence-corrected chi connectivity index (χ1v) is 10.8. The number of ether oxygens (including phenoxy) is 3. The molecule has 1 fully saturated rings. The van der Waals surface area contributed by atoms with Crippen LogP contribution in [-0.2, 0) is 17.8 Å². The van der Waals surface area contributed by atoms with Gasteiger partial charge in [-0.15, -0.1) is 0 Å². The van der Waals surface area contributed by atoms with Gasteiger partial charge in [-0.3, -0.25) is 19.7 Å². The predicted molar refractivity (Wildman–Crippen MR) is 121 cm³/mol. The number of nitrogens with zero attached hydrogens (tertiary/aromatic N) is 5. The highest BCUT2D eigenvalue weighted by molar-refractivity contribution is 6.09. The van der Waals surface area contributed by atoms with E-state index in [1.165, 1.54) is 0 Å². The number of aromatic nitrogens is 3. The Morgan fingerprint density at radius 1 is 1.03 bits per heavy atom. The zero-order valence-corrected chi connectivity index (χ0v) is 18.7. The number of carbonyl (C=O) groups is 1. The van der Waals surface area contributed by atoms with Crippen LogP contribution in [0.3, 0.4) is 0 Å². The van der Waals surface area contributed by atoms with E-state index in [2.05, 4.69) is 14.9 Å². The van der Waals surface area contributed by atoms with Gasteiger partial charge in [0, 0.05) is 31.4 Å². The smallest absolute Gasteiger partial charge is 0.260 e. The Hall–Kier alpha value is -3.56. The molecule has 0 bridgehead atoms. The number of fused-ring (bicyclic) bond motifs is 1. The third-order valence-electron chi connectivity index (χ3n) is 5.90. The van der Waals surface area contributed by atoms with E-state index in [1.54, 1.807) is 31.5 Å². The number of rotatable bonds is 6. The third kappa shape index (κ3) is 4.24. The number of carbonyl (C=O) groups excluding carboxylic acids is 1. The van der Waals surface area contributed by atoms with Crippen LogP contribution in [0.5, 0.6) is 11.6 Å². The van der Waals surface area contributed by atoms with Crippen molar-refractivity contribution >= 4 is 11.6 Å². The van der Waals surface area contributed by atoms with Crippen LogP contribution in [0.1, 0.15) is 21.7 Å². The molecule has 2 aliphatic heterocycles. The van der Waals surface area contributed by atoms with Crippen LogP contribution in [0, 0.1) is 0 Å². The molecule has 5 heterocycles. The summed E-state index contributed by atoms with van der Waals surface area (Å²) >= 11 is 0. The van der Waals surface area contributed by atoms with Crippen molar-refractivity contribution in [3.05, 3.63) is 59.7 Å². The van der Waals surface area contributed by atoms with E-state index in [0.717, 1.165) is 61.2 Å². The van der Waals surface area contributed by atoms with E-state index in [1.807, 2.05) is 30.3 Å². The van der Waals surface area contributed by atoms with Crippen LogP contribution in [0.15, 0.2) is 42.7 Å². The lowest BCUT2D eigenvalue weighted by Crippen LogP contribution is -2.35. The monoisotopic (exact) mass is 447 g/mol. The van der Waals surface area contributed by atoms with Gasteiger partial charge in [0.05, 0.1) is 68.5 Å². The van der Waals surface area contributed by atoms with E-state index in [0.29, 0.717) is 23.7 Å². The van der Waals surface area contributed by atoms with Gasteiger partial charge in [0.2, 0.25) is 0 Å². The predicted octanol–water partition coefficient (Wildman–Crippen LogP) is 2.55. The normalized spacial score (nSPS) is 16.1. The highest BCUT2D eigenvalue weighted by Crippen LogP contribution is 2.32. The lowest BCUT2D eigenvalue weighted by Gasteiger charge is -2.26. The number of morpholine rings is 1. The number of pyridine rings is 3. The molecule has 5 rings (SSSR count). The number of methoxy groups -OCH3 is 2. The largest absolute Gasteiger partial charge is 0.491 e. The molecule has 0 atom stereocenters. The zero-order chi connectivity index (χ0) is 22.8. The molecule has 0 N–H and O–H groups in total. The molecule has 170 valence electrons. The molecule has 0 radical (unpaired) electrons. The van der Waals surface area contributed by atoms with Crippen LogP contribution in [-0.4, -0.2) is 66.3 Å². The SMILES string of the molecule is COc1cc(-c2ccc3c(n2)CN(c2ccc(CN4CCOCC4)nc2)C3=O)cnc1OC. The molecule has 0 aromatic carbocycles. The summed E-state index contributed by atoms with van der Waals surface area (Å²) in [5.41, 5.74) is 4.57. The van der Waals surface area contributed by atoms with Crippen molar-refractivity contribution < 1.29 is 19.0 Å². The maximum Gasteiger partial charge on any atom is 0.260 e. The molecule has 9 nitrogen and oxygen atoms in total. The first-order chi connectivity index (χ1) is 16.2. The Labute approximate surface area is 191 Å². The average molecular weight is 447 g/mol. The second-order valence-corrected chi connectivity index (χ2v) is 7.91. The molecule has 0 spiro atoms. The van der Waals surface area contributed by atoms with Gasteiger partial charge in [0.1, 0.15) is 0 Å². The molecule has 3 aromatic rings. The molecule has 3 aromatic heterocycles.